The predicted molar refractivity (Wildman–Crippen MR) is 52.7 cm³/mol. The van der Waals surface area contributed by atoms with Gasteiger partial charge in [0.1, 0.15) is 5.69 Å². The number of pyridine rings is 1. The van der Waals surface area contributed by atoms with Gasteiger partial charge in [-0.15, -0.1) is 0 Å². The van der Waals surface area contributed by atoms with Gasteiger partial charge in [0.15, 0.2) is 5.78 Å². The Kier molecular flexibility index (Phi) is 2.85. The summed E-state index contributed by atoms with van der Waals surface area (Å²) in [7, 11) is -3.29. The fourth-order valence-corrected chi connectivity index (χ4v) is 1.43. The second-order valence-corrected chi connectivity index (χ2v) is 4.61. The highest BCUT2D eigenvalue weighted by Gasteiger charge is 2.03. The molecule has 0 saturated carbocycles. The van der Waals surface area contributed by atoms with Crippen LogP contribution in [0.25, 0.3) is 0 Å². The molecule has 0 spiro atoms. The largest absolute Gasteiger partial charge is 0.293 e. The molecule has 0 radical (unpaired) electrons. The number of nitrogens with zero attached hydrogens (tertiary/aromatic N) is 1. The van der Waals surface area contributed by atoms with Crippen molar-refractivity contribution < 1.29 is 13.2 Å². The van der Waals surface area contributed by atoms with Crippen molar-refractivity contribution in [2.24, 2.45) is 0 Å². The summed E-state index contributed by atoms with van der Waals surface area (Å²) in [4.78, 5) is 14.6. The van der Waals surface area contributed by atoms with Gasteiger partial charge >= 0.3 is 0 Å². The maximum absolute atomic E-state index is 10.8. The predicted octanol–water partition coefficient (Wildman–Crippen LogP) is 0.656. The molecule has 1 rings (SSSR count). The maximum atomic E-state index is 10.8. The zero-order valence-electron chi connectivity index (χ0n) is 7.81. The van der Waals surface area contributed by atoms with Crippen molar-refractivity contribution >= 4 is 21.5 Å². The quantitative estimate of drug-likeness (QED) is 0.750. The Balaban J connectivity index is 2.90. The van der Waals surface area contributed by atoms with Crippen LogP contribution in [-0.2, 0) is 10.0 Å². The number of rotatable bonds is 3. The molecule has 1 aromatic heterocycles. The molecule has 0 bridgehead atoms. The smallest absolute Gasteiger partial charge is 0.229 e. The number of Topliss-reactive ketones (excluding diaryl/α,β-unsaturated/α-hetero) is 1. The lowest BCUT2D eigenvalue weighted by molar-refractivity contribution is 0.101. The molecule has 0 aliphatic heterocycles. The topological polar surface area (TPSA) is 76.1 Å². The molecular formula is C8H10N2O3S. The van der Waals surface area contributed by atoms with E-state index in [1.807, 2.05) is 0 Å². The van der Waals surface area contributed by atoms with E-state index in [1.54, 1.807) is 0 Å². The van der Waals surface area contributed by atoms with Crippen molar-refractivity contribution in [3.8, 4) is 0 Å². The zero-order valence-corrected chi connectivity index (χ0v) is 8.63. The summed E-state index contributed by atoms with van der Waals surface area (Å²) >= 11 is 0. The molecule has 0 aliphatic rings. The van der Waals surface area contributed by atoms with Crippen molar-refractivity contribution in [2.75, 3.05) is 11.0 Å². The summed E-state index contributed by atoms with van der Waals surface area (Å²) in [6.07, 6.45) is 2.35. The van der Waals surface area contributed by atoms with Crippen LogP contribution in [0.2, 0.25) is 0 Å². The monoisotopic (exact) mass is 214 g/mol. The lowest BCUT2D eigenvalue weighted by Crippen LogP contribution is -2.10. The summed E-state index contributed by atoms with van der Waals surface area (Å²) in [5.41, 5.74) is 0.654. The Morgan fingerprint density at radius 3 is 2.43 bits per heavy atom. The van der Waals surface area contributed by atoms with Crippen LogP contribution in [0, 0.1) is 0 Å². The van der Waals surface area contributed by atoms with Gasteiger partial charge in [-0.3, -0.25) is 14.5 Å². The summed E-state index contributed by atoms with van der Waals surface area (Å²) < 4.78 is 23.9. The van der Waals surface area contributed by atoms with E-state index >= 15 is 0 Å². The molecule has 0 saturated heterocycles. The first-order chi connectivity index (χ1) is 6.38. The second kappa shape index (κ2) is 3.75. The molecule has 0 amide bonds. The Morgan fingerprint density at radius 1 is 1.43 bits per heavy atom. The van der Waals surface area contributed by atoms with Crippen molar-refractivity contribution in [2.45, 2.75) is 6.92 Å². The van der Waals surface area contributed by atoms with Crippen LogP contribution in [-0.4, -0.2) is 25.4 Å². The fourth-order valence-electron chi connectivity index (χ4n) is 0.877. The highest BCUT2D eigenvalue weighted by atomic mass is 32.2. The van der Waals surface area contributed by atoms with Gasteiger partial charge in [-0.25, -0.2) is 8.42 Å². The van der Waals surface area contributed by atoms with Gasteiger partial charge < -0.3 is 0 Å². The van der Waals surface area contributed by atoms with Crippen LogP contribution in [0.4, 0.5) is 5.69 Å². The molecule has 0 aromatic carbocycles. The summed E-state index contributed by atoms with van der Waals surface area (Å²) in [6, 6.07) is 2.96. The van der Waals surface area contributed by atoms with Gasteiger partial charge in [-0.05, 0) is 12.1 Å². The molecule has 0 fully saturated rings. The number of sulfonamides is 1. The van der Waals surface area contributed by atoms with Crippen LogP contribution in [0.3, 0.4) is 0 Å². The Labute approximate surface area is 82.2 Å². The molecule has 1 aromatic rings. The van der Waals surface area contributed by atoms with Crippen molar-refractivity contribution in [1.82, 2.24) is 4.98 Å². The van der Waals surface area contributed by atoms with E-state index in [0.717, 1.165) is 6.26 Å². The molecule has 6 heteroatoms. The maximum Gasteiger partial charge on any atom is 0.229 e. The van der Waals surface area contributed by atoms with Gasteiger partial charge in [-0.1, -0.05) is 0 Å². The standard InChI is InChI=1S/C8H10N2O3S/c1-6(11)8-4-3-7(5-9-8)10-14(2,12)13/h3-5,10H,1-2H3. The average molecular weight is 214 g/mol. The lowest BCUT2D eigenvalue weighted by atomic mass is 10.3. The van der Waals surface area contributed by atoms with E-state index in [-0.39, 0.29) is 5.78 Å². The third kappa shape index (κ3) is 3.14. The third-order valence-corrected chi connectivity index (χ3v) is 2.03. The van der Waals surface area contributed by atoms with Crippen LogP contribution >= 0.6 is 0 Å². The first kappa shape index (κ1) is 10.6. The fraction of sp³-hybridized carbons (Fsp3) is 0.250. The number of ketones is 1. The molecule has 1 heterocycles. The van der Waals surface area contributed by atoms with Gasteiger partial charge in [0, 0.05) is 6.92 Å². The Morgan fingerprint density at radius 2 is 2.07 bits per heavy atom. The average Bonchev–Trinajstić information content (AvgIpc) is 2.02. The highest BCUT2D eigenvalue weighted by Crippen LogP contribution is 2.07. The lowest BCUT2D eigenvalue weighted by Gasteiger charge is -2.02. The van der Waals surface area contributed by atoms with E-state index in [9.17, 15) is 13.2 Å². The molecule has 14 heavy (non-hydrogen) atoms. The summed E-state index contributed by atoms with van der Waals surface area (Å²) in [5, 5.41) is 0. The van der Waals surface area contributed by atoms with Gasteiger partial charge in [0.05, 0.1) is 18.1 Å². The van der Waals surface area contributed by atoms with Crippen molar-refractivity contribution in [3.05, 3.63) is 24.0 Å². The number of hydrogen-bond acceptors (Lipinski definition) is 4. The Bertz CT molecular complexity index is 436. The van der Waals surface area contributed by atoms with Crippen molar-refractivity contribution in [1.29, 1.82) is 0 Å². The minimum atomic E-state index is -3.29. The van der Waals surface area contributed by atoms with E-state index in [0.29, 0.717) is 11.4 Å². The van der Waals surface area contributed by atoms with Gasteiger partial charge in [-0.2, -0.15) is 0 Å². The van der Waals surface area contributed by atoms with E-state index in [2.05, 4.69) is 9.71 Å². The number of nitrogens with one attached hydrogen (secondary N) is 1. The van der Waals surface area contributed by atoms with Crippen LogP contribution in [0.5, 0.6) is 0 Å². The summed E-state index contributed by atoms with van der Waals surface area (Å²) in [5.74, 6) is -0.157. The first-order valence-corrected chi connectivity index (χ1v) is 5.72. The van der Waals surface area contributed by atoms with E-state index in [4.69, 9.17) is 0 Å². The Hall–Kier alpha value is -1.43. The first-order valence-electron chi connectivity index (χ1n) is 3.83. The zero-order chi connectivity index (χ0) is 10.8. The number of hydrogen-bond donors (Lipinski definition) is 1. The van der Waals surface area contributed by atoms with Gasteiger partial charge in [0.25, 0.3) is 0 Å². The minimum absolute atomic E-state index is 0.157. The number of carbonyl (C=O) groups is 1. The van der Waals surface area contributed by atoms with Gasteiger partial charge in [0.2, 0.25) is 10.0 Å². The molecule has 5 nitrogen and oxygen atoms in total. The van der Waals surface area contributed by atoms with E-state index < -0.39 is 10.0 Å². The van der Waals surface area contributed by atoms with Crippen LogP contribution in [0.15, 0.2) is 18.3 Å². The number of aromatic nitrogens is 1. The molecule has 0 aliphatic carbocycles. The number of carbonyl (C=O) groups excluding carboxylic acids is 1. The minimum Gasteiger partial charge on any atom is -0.293 e. The third-order valence-electron chi connectivity index (χ3n) is 1.43. The molecular weight excluding hydrogens is 204 g/mol. The van der Waals surface area contributed by atoms with Crippen LogP contribution in [0.1, 0.15) is 17.4 Å². The molecule has 0 unspecified atom stereocenters. The van der Waals surface area contributed by atoms with Crippen LogP contribution < -0.4 is 4.72 Å². The normalized spacial score (nSPS) is 11.0. The molecule has 76 valence electrons. The second-order valence-electron chi connectivity index (χ2n) is 2.86. The number of anilines is 1. The van der Waals surface area contributed by atoms with E-state index in [1.165, 1.54) is 25.3 Å². The molecule has 1 N–H and O–H groups in total. The summed E-state index contributed by atoms with van der Waals surface area (Å²) in [6.45, 7) is 1.39. The SMILES string of the molecule is CC(=O)c1ccc(NS(C)(=O)=O)cn1. The molecule has 0 atom stereocenters. The highest BCUT2D eigenvalue weighted by molar-refractivity contribution is 7.92. The van der Waals surface area contributed by atoms with Crippen molar-refractivity contribution in [3.63, 3.8) is 0 Å².